The number of carbonyl (C=O) groups is 4. The zero-order chi connectivity index (χ0) is 19.4. The second-order valence-corrected chi connectivity index (χ2v) is 6.31. The van der Waals surface area contributed by atoms with Crippen molar-refractivity contribution in [1.82, 2.24) is 15.5 Å². The Kier molecular flexibility index (Phi) is 10.2. The molecule has 1 atom stereocenters. The third-order valence-corrected chi connectivity index (χ3v) is 4.11. The van der Waals surface area contributed by atoms with Crippen LogP contribution in [0.4, 0.5) is 0 Å². The fraction of sp³-hybridized carbons (Fsp3) is 0.667. The molecule has 0 saturated carbocycles. The highest BCUT2D eigenvalue weighted by atomic mass is 16.2. The van der Waals surface area contributed by atoms with E-state index >= 15 is 0 Å². The molecule has 0 aliphatic carbocycles. The van der Waals surface area contributed by atoms with E-state index in [1.165, 1.54) is 12.2 Å². The molecule has 1 aliphatic rings. The van der Waals surface area contributed by atoms with E-state index in [2.05, 4.69) is 10.6 Å². The van der Waals surface area contributed by atoms with E-state index in [0.29, 0.717) is 25.9 Å². The minimum absolute atomic E-state index is 0.146. The number of nitrogens with zero attached hydrogens (tertiary/aromatic N) is 1. The predicted octanol–water partition coefficient (Wildman–Crippen LogP) is 0.222. The van der Waals surface area contributed by atoms with Gasteiger partial charge in [0.2, 0.25) is 11.8 Å². The Morgan fingerprint density at radius 3 is 2.42 bits per heavy atom. The molecule has 4 N–H and O–H groups in total. The summed E-state index contributed by atoms with van der Waals surface area (Å²) in [7, 11) is 0. The van der Waals surface area contributed by atoms with Crippen LogP contribution in [0, 0.1) is 0 Å². The van der Waals surface area contributed by atoms with Gasteiger partial charge >= 0.3 is 0 Å². The lowest BCUT2D eigenvalue weighted by atomic mass is 10.1. The van der Waals surface area contributed by atoms with Crippen molar-refractivity contribution in [3.8, 4) is 0 Å². The number of hydrogen-bond donors (Lipinski definition) is 3. The van der Waals surface area contributed by atoms with Crippen LogP contribution in [0.5, 0.6) is 0 Å². The monoisotopic (exact) mass is 366 g/mol. The van der Waals surface area contributed by atoms with Crippen LogP contribution in [0.15, 0.2) is 12.2 Å². The summed E-state index contributed by atoms with van der Waals surface area (Å²) in [5.74, 6) is -1.16. The Labute approximate surface area is 154 Å². The zero-order valence-electron chi connectivity index (χ0n) is 15.5. The van der Waals surface area contributed by atoms with E-state index < -0.39 is 6.04 Å². The fourth-order valence-electron chi connectivity index (χ4n) is 2.59. The number of rotatable bonds is 13. The van der Waals surface area contributed by atoms with Gasteiger partial charge in [0, 0.05) is 31.7 Å². The number of unbranched alkanes of at least 4 members (excludes halogenated alkanes) is 2. The molecular formula is C18H30N4O4. The maximum Gasteiger partial charge on any atom is 0.253 e. The van der Waals surface area contributed by atoms with Crippen molar-refractivity contribution in [2.45, 2.75) is 57.9 Å². The van der Waals surface area contributed by atoms with Gasteiger partial charge in [0.1, 0.15) is 6.04 Å². The number of nitrogens with one attached hydrogen (secondary N) is 2. The molecule has 8 nitrogen and oxygen atoms in total. The minimum Gasteiger partial charge on any atom is -0.354 e. The summed E-state index contributed by atoms with van der Waals surface area (Å²) in [5.41, 5.74) is 5.49. The molecule has 0 spiro atoms. The molecule has 8 heteroatoms. The van der Waals surface area contributed by atoms with Gasteiger partial charge in [-0.25, -0.2) is 0 Å². The normalized spacial score (nSPS) is 14.6. The van der Waals surface area contributed by atoms with Gasteiger partial charge in [0.25, 0.3) is 11.8 Å². The summed E-state index contributed by atoms with van der Waals surface area (Å²) in [4.78, 5) is 48.4. The molecule has 0 aromatic carbocycles. The van der Waals surface area contributed by atoms with Crippen LogP contribution in [0.3, 0.4) is 0 Å². The number of nitrogens with two attached hydrogens (primary N) is 1. The Morgan fingerprint density at radius 2 is 1.81 bits per heavy atom. The summed E-state index contributed by atoms with van der Waals surface area (Å²) in [6.07, 6.45) is 6.89. The predicted molar refractivity (Wildman–Crippen MR) is 97.8 cm³/mol. The summed E-state index contributed by atoms with van der Waals surface area (Å²) >= 11 is 0. The lowest BCUT2D eigenvalue weighted by Gasteiger charge is -2.19. The van der Waals surface area contributed by atoms with Gasteiger partial charge in [-0.1, -0.05) is 13.3 Å². The SMILES string of the molecule is CCCCNC(=O)[C@H](CCCCN)NC(=O)CCCN1C(=O)C=CC1=O. The Balaban J connectivity index is 2.40. The van der Waals surface area contributed by atoms with Crippen LogP contribution in [0.1, 0.15) is 51.9 Å². The van der Waals surface area contributed by atoms with Gasteiger partial charge in [0.05, 0.1) is 0 Å². The Hall–Kier alpha value is -2.22. The summed E-state index contributed by atoms with van der Waals surface area (Å²) in [6.45, 7) is 3.37. The van der Waals surface area contributed by atoms with Crippen molar-refractivity contribution in [3.05, 3.63) is 12.2 Å². The molecule has 1 aliphatic heterocycles. The average molecular weight is 366 g/mol. The molecule has 0 fully saturated rings. The van der Waals surface area contributed by atoms with Crippen LogP contribution >= 0.6 is 0 Å². The molecule has 146 valence electrons. The Morgan fingerprint density at radius 1 is 1.12 bits per heavy atom. The van der Waals surface area contributed by atoms with Crippen molar-refractivity contribution in [2.24, 2.45) is 5.73 Å². The molecular weight excluding hydrogens is 336 g/mol. The molecule has 26 heavy (non-hydrogen) atoms. The molecule has 1 heterocycles. The highest BCUT2D eigenvalue weighted by Gasteiger charge is 2.23. The van der Waals surface area contributed by atoms with E-state index in [1.54, 1.807) is 0 Å². The molecule has 0 aromatic rings. The topological polar surface area (TPSA) is 122 Å². The maximum atomic E-state index is 12.3. The van der Waals surface area contributed by atoms with Crippen LogP contribution in [-0.2, 0) is 19.2 Å². The van der Waals surface area contributed by atoms with E-state index in [4.69, 9.17) is 5.73 Å². The van der Waals surface area contributed by atoms with Crippen LogP contribution in [-0.4, -0.2) is 54.2 Å². The number of imide groups is 1. The summed E-state index contributed by atoms with van der Waals surface area (Å²) in [5, 5.41) is 5.59. The third kappa shape index (κ3) is 7.77. The first-order valence-corrected chi connectivity index (χ1v) is 9.30. The molecule has 0 aromatic heterocycles. The largest absolute Gasteiger partial charge is 0.354 e. The lowest BCUT2D eigenvalue weighted by molar-refractivity contribution is -0.137. The van der Waals surface area contributed by atoms with E-state index in [-0.39, 0.29) is 36.6 Å². The van der Waals surface area contributed by atoms with Crippen molar-refractivity contribution >= 4 is 23.6 Å². The first kappa shape index (κ1) is 21.8. The number of carbonyl (C=O) groups excluding carboxylic acids is 4. The molecule has 4 amide bonds. The maximum absolute atomic E-state index is 12.3. The van der Waals surface area contributed by atoms with Gasteiger partial charge in [-0.05, 0) is 38.6 Å². The standard InChI is InChI=1S/C18H30N4O4/c1-2-3-12-20-18(26)14(7-4-5-11-19)21-15(23)8-6-13-22-16(24)9-10-17(22)25/h9-10,14H,2-8,11-13,19H2,1H3,(H,20,26)(H,21,23)/t14-/m0/s1. The van der Waals surface area contributed by atoms with Crippen molar-refractivity contribution < 1.29 is 19.2 Å². The Bertz CT molecular complexity index is 515. The van der Waals surface area contributed by atoms with E-state index in [1.807, 2.05) is 6.92 Å². The molecule has 0 saturated heterocycles. The average Bonchev–Trinajstić information content (AvgIpc) is 2.93. The number of amides is 4. The lowest BCUT2D eigenvalue weighted by Crippen LogP contribution is -2.47. The van der Waals surface area contributed by atoms with Gasteiger partial charge in [-0.15, -0.1) is 0 Å². The van der Waals surface area contributed by atoms with Crippen LogP contribution in [0.25, 0.3) is 0 Å². The van der Waals surface area contributed by atoms with Gasteiger partial charge in [-0.2, -0.15) is 0 Å². The highest BCUT2D eigenvalue weighted by molar-refractivity contribution is 6.12. The highest BCUT2D eigenvalue weighted by Crippen LogP contribution is 2.06. The van der Waals surface area contributed by atoms with E-state index in [0.717, 1.165) is 30.6 Å². The zero-order valence-corrected chi connectivity index (χ0v) is 15.5. The van der Waals surface area contributed by atoms with Gasteiger partial charge in [0.15, 0.2) is 0 Å². The van der Waals surface area contributed by atoms with Gasteiger partial charge < -0.3 is 16.4 Å². The molecule has 1 rings (SSSR count). The van der Waals surface area contributed by atoms with E-state index in [9.17, 15) is 19.2 Å². The number of hydrogen-bond acceptors (Lipinski definition) is 5. The minimum atomic E-state index is -0.581. The summed E-state index contributed by atoms with van der Waals surface area (Å²) < 4.78 is 0. The van der Waals surface area contributed by atoms with Crippen molar-refractivity contribution in [1.29, 1.82) is 0 Å². The molecule has 0 radical (unpaired) electrons. The smallest absolute Gasteiger partial charge is 0.253 e. The van der Waals surface area contributed by atoms with Crippen LogP contribution < -0.4 is 16.4 Å². The first-order chi connectivity index (χ1) is 12.5. The molecule has 0 unspecified atom stereocenters. The first-order valence-electron chi connectivity index (χ1n) is 9.30. The summed E-state index contributed by atoms with van der Waals surface area (Å²) in [6, 6.07) is -0.581. The fourth-order valence-corrected chi connectivity index (χ4v) is 2.59. The van der Waals surface area contributed by atoms with Crippen molar-refractivity contribution in [2.75, 3.05) is 19.6 Å². The van der Waals surface area contributed by atoms with Gasteiger partial charge in [-0.3, -0.25) is 24.1 Å². The van der Waals surface area contributed by atoms with Crippen molar-refractivity contribution in [3.63, 3.8) is 0 Å². The second-order valence-electron chi connectivity index (χ2n) is 6.31. The molecule has 0 bridgehead atoms. The van der Waals surface area contributed by atoms with Crippen LogP contribution in [0.2, 0.25) is 0 Å². The second kappa shape index (κ2) is 12.2. The third-order valence-electron chi connectivity index (χ3n) is 4.11. The quantitative estimate of drug-likeness (QED) is 0.318.